The van der Waals surface area contributed by atoms with E-state index in [1.807, 2.05) is 29.2 Å². The van der Waals surface area contributed by atoms with E-state index in [1.165, 1.54) is 6.07 Å². The minimum atomic E-state index is -4.59. The molecule has 2 aromatic rings. The van der Waals surface area contributed by atoms with E-state index in [2.05, 4.69) is 10.2 Å². The molecule has 9 heteroatoms. The van der Waals surface area contributed by atoms with Crippen molar-refractivity contribution in [2.45, 2.75) is 19.1 Å². The van der Waals surface area contributed by atoms with Crippen LogP contribution >= 0.6 is 11.6 Å². The van der Waals surface area contributed by atoms with E-state index in [1.54, 1.807) is 14.0 Å². The van der Waals surface area contributed by atoms with Crippen LogP contribution in [0, 0.1) is 0 Å². The molecule has 0 bridgehead atoms. The summed E-state index contributed by atoms with van der Waals surface area (Å²) in [5.74, 6) is 0.427. The lowest BCUT2D eigenvalue weighted by atomic mass is 10.1. The molecule has 5 nitrogen and oxygen atoms in total. The molecule has 1 N–H and O–H groups in total. The molecule has 1 saturated heterocycles. The van der Waals surface area contributed by atoms with Crippen molar-refractivity contribution < 1.29 is 22.7 Å². The SMILES string of the molecule is COc1ccccc1N1CCN(C(C)C(=O)Nc2ccc(Cl)c(C(F)(F)F)c2)CC1. The van der Waals surface area contributed by atoms with Crippen molar-refractivity contribution in [2.75, 3.05) is 43.5 Å². The molecule has 2 aromatic carbocycles. The van der Waals surface area contributed by atoms with Crippen LogP contribution in [0.25, 0.3) is 0 Å². The molecule has 0 radical (unpaired) electrons. The Kier molecular flexibility index (Phi) is 6.77. The van der Waals surface area contributed by atoms with Crippen molar-refractivity contribution in [3.8, 4) is 5.75 Å². The molecule has 1 amide bonds. The number of methoxy groups -OCH3 is 1. The quantitative estimate of drug-likeness (QED) is 0.741. The normalized spacial score (nSPS) is 16.3. The highest BCUT2D eigenvalue weighted by molar-refractivity contribution is 6.31. The Bertz CT molecular complexity index is 899. The predicted molar refractivity (Wildman–Crippen MR) is 111 cm³/mol. The first-order valence-corrected chi connectivity index (χ1v) is 9.88. The fourth-order valence-corrected chi connectivity index (χ4v) is 3.70. The number of carbonyl (C=O) groups is 1. The number of nitrogens with one attached hydrogen (secondary N) is 1. The lowest BCUT2D eigenvalue weighted by Gasteiger charge is -2.38. The maximum atomic E-state index is 13.0. The molecular formula is C21H23ClF3N3O2. The van der Waals surface area contributed by atoms with Crippen LogP contribution in [-0.2, 0) is 11.0 Å². The highest BCUT2D eigenvalue weighted by Gasteiger charge is 2.34. The molecule has 1 fully saturated rings. The van der Waals surface area contributed by atoms with Gasteiger partial charge in [0.05, 0.1) is 29.4 Å². The van der Waals surface area contributed by atoms with E-state index in [-0.39, 0.29) is 11.6 Å². The van der Waals surface area contributed by atoms with E-state index in [4.69, 9.17) is 16.3 Å². The number of hydrogen-bond acceptors (Lipinski definition) is 4. The van der Waals surface area contributed by atoms with Gasteiger partial charge in [-0.05, 0) is 37.3 Å². The molecule has 0 aliphatic carbocycles. The number of hydrogen-bond donors (Lipinski definition) is 1. The lowest BCUT2D eigenvalue weighted by molar-refractivity contribution is -0.137. The third-order valence-corrected chi connectivity index (χ3v) is 5.54. The average Bonchev–Trinajstić information content (AvgIpc) is 2.73. The topological polar surface area (TPSA) is 44.8 Å². The molecule has 3 rings (SSSR count). The number of rotatable bonds is 5. The van der Waals surface area contributed by atoms with Crippen LogP contribution in [0.4, 0.5) is 24.5 Å². The number of amides is 1. The fraction of sp³-hybridized carbons (Fsp3) is 0.381. The van der Waals surface area contributed by atoms with Crippen LogP contribution in [0.15, 0.2) is 42.5 Å². The molecule has 162 valence electrons. The number of piperazine rings is 1. The molecule has 1 heterocycles. The third kappa shape index (κ3) is 4.99. The minimum Gasteiger partial charge on any atom is -0.495 e. The van der Waals surface area contributed by atoms with Gasteiger partial charge in [0.1, 0.15) is 5.75 Å². The Hall–Kier alpha value is -2.45. The summed E-state index contributed by atoms with van der Waals surface area (Å²) in [4.78, 5) is 16.8. The zero-order valence-corrected chi connectivity index (χ0v) is 17.4. The second-order valence-electron chi connectivity index (χ2n) is 7.05. The number of halogens is 4. The second kappa shape index (κ2) is 9.14. The first-order chi connectivity index (χ1) is 14.2. The maximum absolute atomic E-state index is 13.0. The smallest absolute Gasteiger partial charge is 0.417 e. The van der Waals surface area contributed by atoms with Crippen molar-refractivity contribution in [3.63, 3.8) is 0 Å². The van der Waals surface area contributed by atoms with E-state index < -0.39 is 22.8 Å². The van der Waals surface area contributed by atoms with Gasteiger partial charge in [0.15, 0.2) is 0 Å². The van der Waals surface area contributed by atoms with Gasteiger partial charge < -0.3 is 15.0 Å². The molecule has 1 unspecified atom stereocenters. The summed E-state index contributed by atoms with van der Waals surface area (Å²) in [5.41, 5.74) is 0.0916. The molecule has 0 saturated carbocycles. The monoisotopic (exact) mass is 441 g/mol. The maximum Gasteiger partial charge on any atom is 0.417 e. The second-order valence-corrected chi connectivity index (χ2v) is 7.46. The molecular weight excluding hydrogens is 419 g/mol. The van der Waals surface area contributed by atoms with Gasteiger partial charge >= 0.3 is 6.18 Å². The number of ether oxygens (including phenoxy) is 1. The van der Waals surface area contributed by atoms with Crippen molar-refractivity contribution in [1.82, 2.24) is 4.90 Å². The number of anilines is 2. The van der Waals surface area contributed by atoms with Gasteiger partial charge in [0.2, 0.25) is 5.91 Å². The summed E-state index contributed by atoms with van der Waals surface area (Å²) in [6, 6.07) is 10.6. The number of benzene rings is 2. The van der Waals surface area contributed by atoms with E-state index >= 15 is 0 Å². The summed E-state index contributed by atoms with van der Waals surface area (Å²) < 4.78 is 44.5. The first kappa shape index (κ1) is 22.2. The van der Waals surface area contributed by atoms with Gasteiger partial charge in [-0.25, -0.2) is 0 Å². The number of carbonyl (C=O) groups excluding carboxylic acids is 1. The summed E-state index contributed by atoms with van der Waals surface area (Å²) in [7, 11) is 1.63. The molecule has 1 aliphatic rings. The van der Waals surface area contributed by atoms with Crippen LogP contribution in [0.5, 0.6) is 5.75 Å². The van der Waals surface area contributed by atoms with Crippen molar-refractivity contribution in [1.29, 1.82) is 0 Å². The Morgan fingerprint density at radius 1 is 1.13 bits per heavy atom. The Balaban J connectivity index is 1.61. The van der Waals surface area contributed by atoms with Gasteiger partial charge in [0.25, 0.3) is 0 Å². The predicted octanol–water partition coefficient (Wildman–Crippen LogP) is 4.52. The number of para-hydroxylation sites is 2. The summed E-state index contributed by atoms with van der Waals surface area (Å²) in [6.45, 7) is 4.44. The average molecular weight is 442 g/mol. The lowest BCUT2D eigenvalue weighted by Crippen LogP contribution is -2.52. The van der Waals surface area contributed by atoms with Gasteiger partial charge in [-0.2, -0.15) is 13.2 Å². The van der Waals surface area contributed by atoms with Crippen molar-refractivity contribution >= 4 is 28.9 Å². The van der Waals surface area contributed by atoms with Gasteiger partial charge in [-0.15, -0.1) is 0 Å². The Morgan fingerprint density at radius 3 is 2.43 bits per heavy atom. The largest absolute Gasteiger partial charge is 0.495 e. The van der Waals surface area contributed by atoms with E-state index in [9.17, 15) is 18.0 Å². The highest BCUT2D eigenvalue weighted by Crippen LogP contribution is 2.36. The van der Waals surface area contributed by atoms with Crippen LogP contribution in [0.2, 0.25) is 5.02 Å². The first-order valence-electron chi connectivity index (χ1n) is 9.50. The molecule has 0 aromatic heterocycles. The van der Waals surface area contributed by atoms with Gasteiger partial charge in [0, 0.05) is 31.9 Å². The van der Waals surface area contributed by atoms with Crippen molar-refractivity contribution in [2.24, 2.45) is 0 Å². The van der Waals surface area contributed by atoms with Crippen molar-refractivity contribution in [3.05, 3.63) is 53.1 Å². The highest BCUT2D eigenvalue weighted by atomic mass is 35.5. The van der Waals surface area contributed by atoms with E-state index in [0.29, 0.717) is 26.2 Å². The zero-order valence-electron chi connectivity index (χ0n) is 16.7. The van der Waals surface area contributed by atoms with Crippen LogP contribution < -0.4 is 15.0 Å². The van der Waals surface area contributed by atoms with Gasteiger partial charge in [-0.3, -0.25) is 9.69 Å². The number of alkyl halides is 3. The Morgan fingerprint density at radius 2 is 1.80 bits per heavy atom. The standard InChI is InChI=1S/C21H23ClF3N3O2/c1-14(20(29)26-15-7-8-17(22)16(13-15)21(23,24)25)27-9-11-28(12-10-27)18-5-3-4-6-19(18)30-2/h3-8,13-14H,9-12H2,1-2H3,(H,26,29). The molecule has 0 spiro atoms. The summed E-state index contributed by atoms with van der Waals surface area (Å²) in [5, 5.41) is 2.17. The van der Waals surface area contributed by atoms with E-state index in [0.717, 1.165) is 23.6 Å². The van der Waals surface area contributed by atoms with Gasteiger partial charge in [-0.1, -0.05) is 23.7 Å². The Labute approximate surface area is 178 Å². The fourth-order valence-electron chi connectivity index (χ4n) is 3.47. The van der Waals surface area contributed by atoms with Crippen LogP contribution in [0.3, 0.4) is 0 Å². The number of nitrogens with zero attached hydrogens (tertiary/aromatic N) is 2. The molecule has 30 heavy (non-hydrogen) atoms. The summed E-state index contributed by atoms with van der Waals surface area (Å²) in [6.07, 6.45) is -4.59. The minimum absolute atomic E-state index is 0.0660. The zero-order chi connectivity index (χ0) is 21.9. The summed E-state index contributed by atoms with van der Waals surface area (Å²) >= 11 is 5.63. The molecule has 1 atom stereocenters. The van der Waals surface area contributed by atoms with Crippen LogP contribution in [-0.4, -0.2) is 50.1 Å². The van der Waals surface area contributed by atoms with Crippen LogP contribution in [0.1, 0.15) is 12.5 Å². The third-order valence-electron chi connectivity index (χ3n) is 5.21. The molecule has 1 aliphatic heterocycles.